The third-order valence-corrected chi connectivity index (χ3v) is 7.59. The molecule has 178 valence electrons. The lowest BCUT2D eigenvalue weighted by atomic mass is 10.0. The first-order valence-electron chi connectivity index (χ1n) is 11.3. The molecule has 2 aromatic rings. The van der Waals surface area contributed by atoms with Crippen molar-refractivity contribution >= 4 is 11.8 Å². The van der Waals surface area contributed by atoms with Crippen LogP contribution in [0.1, 0.15) is 52.2 Å². The van der Waals surface area contributed by atoms with E-state index >= 15 is 0 Å². The van der Waals surface area contributed by atoms with Crippen molar-refractivity contribution in [3.05, 3.63) is 63.1 Å². The number of nitrogens with zero attached hydrogens (tertiary/aromatic N) is 2. The number of hydrogen-bond acceptors (Lipinski definition) is 5. The van der Waals surface area contributed by atoms with E-state index in [1.54, 1.807) is 4.90 Å². The Hall–Kier alpha value is -3.27. The molecular weight excluding hydrogens is 448 g/mol. The van der Waals surface area contributed by atoms with Crippen LogP contribution in [-0.4, -0.2) is 46.8 Å². The molecule has 2 bridgehead atoms. The Bertz CT molecular complexity index is 1290. The molecule has 2 amide bonds. The summed E-state index contributed by atoms with van der Waals surface area (Å²) in [6, 6.07) is 2.33. The van der Waals surface area contributed by atoms with Crippen LogP contribution in [0.2, 0.25) is 0 Å². The summed E-state index contributed by atoms with van der Waals surface area (Å²) in [5.74, 6) is -1.90. The lowest BCUT2D eigenvalue weighted by Gasteiger charge is -2.45. The van der Waals surface area contributed by atoms with Crippen LogP contribution < -0.4 is 15.5 Å². The fraction of sp³-hybridized carbons (Fsp3) is 0.458. The summed E-state index contributed by atoms with van der Waals surface area (Å²) in [5.41, 5.74) is -0.784. The Kier molecular flexibility index (Phi) is 4.61. The average molecular weight is 471 g/mol. The van der Waals surface area contributed by atoms with Crippen molar-refractivity contribution in [2.24, 2.45) is 11.8 Å². The normalized spacial score (nSPS) is 29.1. The third kappa shape index (κ3) is 3.01. The van der Waals surface area contributed by atoms with Gasteiger partial charge in [0.05, 0.1) is 25.8 Å². The Morgan fingerprint density at radius 3 is 2.76 bits per heavy atom. The number of amides is 2. The van der Waals surface area contributed by atoms with Crippen molar-refractivity contribution in [3.63, 3.8) is 0 Å². The molecule has 2 unspecified atom stereocenters. The van der Waals surface area contributed by atoms with E-state index in [1.165, 1.54) is 30.9 Å². The number of halogens is 2. The van der Waals surface area contributed by atoms with E-state index in [9.17, 15) is 23.2 Å². The number of nitrogens with one attached hydrogen (secondary N) is 1. The van der Waals surface area contributed by atoms with Crippen LogP contribution >= 0.6 is 0 Å². The maximum atomic E-state index is 14.1. The van der Waals surface area contributed by atoms with Crippen molar-refractivity contribution in [1.82, 2.24) is 14.8 Å². The molecular formula is C24H23F2N3O5. The van der Waals surface area contributed by atoms with Gasteiger partial charge in [0, 0.05) is 23.9 Å². The molecule has 6 rings (SSSR count). The van der Waals surface area contributed by atoms with E-state index in [1.807, 2.05) is 0 Å². The maximum absolute atomic E-state index is 14.1. The number of rotatable bonds is 4. The van der Waals surface area contributed by atoms with Gasteiger partial charge in [0.2, 0.25) is 5.43 Å². The molecule has 3 heterocycles. The fourth-order valence-electron chi connectivity index (χ4n) is 5.91. The largest absolute Gasteiger partial charge is 0.491 e. The molecule has 2 saturated carbocycles. The number of pyridine rings is 1. The van der Waals surface area contributed by atoms with Gasteiger partial charge in [-0.2, -0.15) is 0 Å². The van der Waals surface area contributed by atoms with Crippen LogP contribution in [0.15, 0.2) is 29.2 Å². The third-order valence-electron chi connectivity index (χ3n) is 7.59. The first-order chi connectivity index (χ1) is 16.3. The Morgan fingerprint density at radius 1 is 1.24 bits per heavy atom. The highest BCUT2D eigenvalue weighted by molar-refractivity contribution is 5.99. The quantitative estimate of drug-likeness (QED) is 0.739. The fourth-order valence-corrected chi connectivity index (χ4v) is 5.91. The molecule has 1 aromatic carbocycles. The van der Waals surface area contributed by atoms with Gasteiger partial charge in [-0.1, -0.05) is 6.07 Å². The summed E-state index contributed by atoms with van der Waals surface area (Å²) in [6.45, 7) is 1.80. The van der Waals surface area contributed by atoms with Crippen LogP contribution in [0.3, 0.4) is 0 Å². The van der Waals surface area contributed by atoms with E-state index < -0.39 is 35.2 Å². The van der Waals surface area contributed by atoms with Gasteiger partial charge < -0.3 is 24.3 Å². The minimum atomic E-state index is -0.833. The number of aromatic nitrogens is 1. The molecule has 10 heteroatoms. The Labute approximate surface area is 193 Å². The Morgan fingerprint density at radius 2 is 2.03 bits per heavy atom. The van der Waals surface area contributed by atoms with Crippen molar-refractivity contribution in [2.75, 3.05) is 7.11 Å². The highest BCUT2D eigenvalue weighted by Gasteiger charge is 2.63. The smallest absolute Gasteiger partial charge is 0.276 e. The second kappa shape index (κ2) is 7.36. The highest BCUT2D eigenvalue weighted by Crippen LogP contribution is 2.58. The van der Waals surface area contributed by atoms with Crippen LogP contribution in [-0.2, 0) is 11.3 Å². The van der Waals surface area contributed by atoms with Gasteiger partial charge in [-0.3, -0.25) is 14.4 Å². The number of hydrogen-bond donors (Lipinski definition) is 1. The molecule has 6 atom stereocenters. The first-order valence-corrected chi connectivity index (χ1v) is 11.3. The molecule has 1 N–H and O–H groups in total. The summed E-state index contributed by atoms with van der Waals surface area (Å²) >= 11 is 0. The lowest BCUT2D eigenvalue weighted by Crippen LogP contribution is -2.58. The molecule has 4 aliphatic rings. The minimum absolute atomic E-state index is 0.0789. The van der Waals surface area contributed by atoms with Gasteiger partial charge in [-0.25, -0.2) is 8.78 Å². The summed E-state index contributed by atoms with van der Waals surface area (Å²) in [7, 11) is 1.28. The van der Waals surface area contributed by atoms with Crippen LogP contribution in [0, 0.1) is 23.5 Å². The number of carbonyl (C=O) groups is 2. The van der Waals surface area contributed by atoms with E-state index in [4.69, 9.17) is 9.47 Å². The molecule has 34 heavy (non-hydrogen) atoms. The minimum Gasteiger partial charge on any atom is -0.491 e. The van der Waals surface area contributed by atoms with Crippen LogP contribution in [0.4, 0.5) is 8.78 Å². The second-order valence-electron chi connectivity index (χ2n) is 9.48. The predicted molar refractivity (Wildman–Crippen MR) is 114 cm³/mol. The van der Waals surface area contributed by atoms with Gasteiger partial charge in [0.1, 0.15) is 17.2 Å². The molecule has 2 aliphatic carbocycles. The summed E-state index contributed by atoms with van der Waals surface area (Å²) in [6.07, 6.45) is 2.87. The zero-order valence-corrected chi connectivity index (χ0v) is 18.6. The highest BCUT2D eigenvalue weighted by atomic mass is 19.1. The molecule has 0 radical (unpaired) electrons. The van der Waals surface area contributed by atoms with Gasteiger partial charge in [-0.15, -0.1) is 0 Å². The molecule has 1 aromatic heterocycles. The summed E-state index contributed by atoms with van der Waals surface area (Å²) in [5, 5.41) is 2.58. The van der Waals surface area contributed by atoms with Gasteiger partial charge in [0.25, 0.3) is 11.8 Å². The predicted octanol–water partition coefficient (Wildman–Crippen LogP) is 2.22. The average Bonchev–Trinajstić information content (AvgIpc) is 3.54. The number of ether oxygens (including phenoxy) is 2. The lowest BCUT2D eigenvalue weighted by molar-refractivity contribution is -0.144. The Balaban J connectivity index is 1.34. The summed E-state index contributed by atoms with van der Waals surface area (Å²) in [4.78, 5) is 41.4. The SMILES string of the molecule is COc1c2n(cc(C(=O)N[C@H](C)c3ccc(F)cc3F)c1=O)C[C@H]1OC3CC([C@H]4C[C@@H]34)N1C2=O. The monoisotopic (exact) mass is 471 g/mol. The summed E-state index contributed by atoms with van der Waals surface area (Å²) < 4.78 is 40.4. The molecule has 2 aliphatic heterocycles. The number of methoxy groups -OCH3 is 1. The van der Waals surface area contributed by atoms with Crippen molar-refractivity contribution < 1.29 is 27.8 Å². The van der Waals surface area contributed by atoms with Gasteiger partial charge >= 0.3 is 0 Å². The molecule has 0 spiro atoms. The maximum Gasteiger partial charge on any atom is 0.276 e. The van der Waals surface area contributed by atoms with E-state index in [0.717, 1.165) is 25.0 Å². The van der Waals surface area contributed by atoms with Crippen LogP contribution in [0.25, 0.3) is 0 Å². The van der Waals surface area contributed by atoms with E-state index in [2.05, 4.69) is 5.32 Å². The second-order valence-corrected chi connectivity index (χ2v) is 9.48. The standard InChI is InChI=1S/C24H23F2N3O5/c1-10(12-4-3-11(25)5-16(12)26)27-23(31)15-8-28-9-19-29(17-7-18(34-19)14-6-13(14)17)24(32)20(28)22(33-2)21(15)30/h3-5,8,10,13-14,17-19H,6-7,9H2,1-2H3,(H,27,31)/t10-,13+,14-,17?,18?,19-/m1/s1. The van der Waals surface area contributed by atoms with Gasteiger partial charge in [-0.05, 0) is 37.7 Å². The van der Waals surface area contributed by atoms with Crippen molar-refractivity contribution in [2.45, 2.75) is 50.7 Å². The number of fused-ring (bicyclic) bond motifs is 8. The van der Waals surface area contributed by atoms with Crippen molar-refractivity contribution in [3.8, 4) is 5.75 Å². The zero-order chi connectivity index (χ0) is 23.9. The van der Waals surface area contributed by atoms with E-state index in [-0.39, 0.29) is 47.2 Å². The van der Waals surface area contributed by atoms with Crippen LogP contribution in [0.5, 0.6) is 5.75 Å². The number of benzene rings is 1. The molecule has 3 fully saturated rings. The van der Waals surface area contributed by atoms with E-state index in [0.29, 0.717) is 11.8 Å². The zero-order valence-electron chi connectivity index (χ0n) is 18.6. The van der Waals surface area contributed by atoms with Gasteiger partial charge in [0.15, 0.2) is 17.7 Å². The molecule has 1 saturated heterocycles. The van der Waals surface area contributed by atoms with Crippen molar-refractivity contribution in [1.29, 1.82) is 0 Å². The topological polar surface area (TPSA) is 89.9 Å². The molecule has 8 nitrogen and oxygen atoms in total. The first kappa shape index (κ1) is 21.3. The number of carbonyl (C=O) groups excluding carboxylic acids is 2.